The Hall–Kier alpha value is -1.92. The fourth-order valence-corrected chi connectivity index (χ4v) is 2.23. The van der Waals surface area contributed by atoms with Crippen LogP contribution >= 0.6 is 15.9 Å². The minimum atomic E-state index is -0.415. The summed E-state index contributed by atoms with van der Waals surface area (Å²) in [6, 6.07) is 12.2. The van der Waals surface area contributed by atoms with E-state index in [1.165, 1.54) is 6.07 Å². The molecule has 2 aromatic carbocycles. The van der Waals surface area contributed by atoms with Crippen molar-refractivity contribution >= 4 is 21.6 Å². The van der Waals surface area contributed by atoms with Crippen LogP contribution in [0.1, 0.15) is 24.1 Å². The summed E-state index contributed by atoms with van der Waals surface area (Å²) in [4.78, 5) is 10.6. The van der Waals surface area contributed by atoms with Gasteiger partial charge in [-0.25, -0.2) is 0 Å². The van der Waals surface area contributed by atoms with E-state index in [0.717, 1.165) is 5.56 Å². The molecule has 2 aromatic rings. The van der Waals surface area contributed by atoms with Crippen LogP contribution in [0.3, 0.4) is 0 Å². The first-order valence-corrected chi connectivity index (χ1v) is 7.18. The van der Waals surface area contributed by atoms with E-state index in [-0.39, 0.29) is 18.3 Å². The minimum Gasteiger partial charge on any atom is -0.489 e. The highest BCUT2D eigenvalue weighted by atomic mass is 79.9. The minimum absolute atomic E-state index is 0.0349. The van der Waals surface area contributed by atoms with E-state index in [9.17, 15) is 10.1 Å². The Morgan fingerprint density at radius 2 is 2.10 bits per heavy atom. The second-order valence-electron chi connectivity index (χ2n) is 4.68. The lowest BCUT2D eigenvalue weighted by Gasteiger charge is -2.10. The predicted octanol–water partition coefficient (Wildman–Crippen LogP) is 3.96. The average molecular weight is 351 g/mol. The van der Waals surface area contributed by atoms with E-state index in [0.29, 0.717) is 15.8 Å². The Morgan fingerprint density at radius 3 is 2.76 bits per heavy atom. The van der Waals surface area contributed by atoms with Gasteiger partial charge in [0.15, 0.2) is 0 Å². The van der Waals surface area contributed by atoms with Crippen LogP contribution in [0.25, 0.3) is 0 Å². The van der Waals surface area contributed by atoms with Crippen LogP contribution in [0.2, 0.25) is 0 Å². The fourth-order valence-electron chi connectivity index (χ4n) is 1.88. The molecule has 110 valence electrons. The third kappa shape index (κ3) is 4.03. The van der Waals surface area contributed by atoms with Crippen molar-refractivity contribution in [2.24, 2.45) is 5.73 Å². The van der Waals surface area contributed by atoms with Gasteiger partial charge in [-0.2, -0.15) is 0 Å². The summed E-state index contributed by atoms with van der Waals surface area (Å²) in [6.07, 6.45) is 0. The largest absolute Gasteiger partial charge is 0.489 e. The molecule has 2 rings (SSSR count). The average Bonchev–Trinajstić information content (AvgIpc) is 2.46. The lowest BCUT2D eigenvalue weighted by atomic mass is 10.1. The third-order valence-corrected chi connectivity index (χ3v) is 3.52. The van der Waals surface area contributed by atoms with E-state index < -0.39 is 4.92 Å². The summed E-state index contributed by atoms with van der Waals surface area (Å²) in [5, 5.41) is 11.0. The predicted molar refractivity (Wildman–Crippen MR) is 84.2 cm³/mol. The van der Waals surface area contributed by atoms with Crippen LogP contribution in [-0.4, -0.2) is 4.92 Å². The molecular formula is C15H15BrN2O3. The first-order valence-electron chi connectivity index (χ1n) is 6.38. The molecule has 0 fully saturated rings. The maximum absolute atomic E-state index is 11.0. The Balaban J connectivity index is 2.17. The number of ether oxygens (including phenoxy) is 1. The van der Waals surface area contributed by atoms with E-state index in [2.05, 4.69) is 15.9 Å². The highest BCUT2D eigenvalue weighted by molar-refractivity contribution is 9.10. The summed E-state index contributed by atoms with van der Waals surface area (Å²) < 4.78 is 6.30. The molecule has 0 saturated heterocycles. The van der Waals surface area contributed by atoms with Crippen molar-refractivity contribution in [2.45, 2.75) is 19.6 Å². The van der Waals surface area contributed by atoms with Gasteiger partial charge in [0.2, 0.25) is 0 Å². The van der Waals surface area contributed by atoms with Gasteiger partial charge in [0.05, 0.1) is 10.5 Å². The molecule has 2 N–H and O–H groups in total. The van der Waals surface area contributed by atoms with E-state index in [1.54, 1.807) is 18.2 Å². The number of halogens is 1. The maximum Gasteiger partial charge on any atom is 0.277 e. The van der Waals surface area contributed by atoms with Crippen LogP contribution in [-0.2, 0) is 6.61 Å². The van der Waals surface area contributed by atoms with Crippen LogP contribution in [0, 0.1) is 10.1 Å². The lowest BCUT2D eigenvalue weighted by molar-refractivity contribution is -0.385. The van der Waals surface area contributed by atoms with Crippen LogP contribution < -0.4 is 10.5 Å². The SMILES string of the molecule is C[C@H](N)c1cccc(OCc2ccc(Br)cc2[N+](=O)[O-])c1. The number of nitro groups is 1. The van der Waals surface area contributed by atoms with Crippen molar-refractivity contribution in [2.75, 3.05) is 0 Å². The van der Waals surface area contributed by atoms with Gasteiger partial charge in [-0.15, -0.1) is 0 Å². The zero-order valence-electron chi connectivity index (χ0n) is 11.5. The van der Waals surface area contributed by atoms with E-state index >= 15 is 0 Å². The van der Waals surface area contributed by atoms with E-state index in [1.807, 2.05) is 25.1 Å². The molecule has 0 aliphatic heterocycles. The summed E-state index contributed by atoms with van der Waals surface area (Å²) in [6.45, 7) is 2.02. The summed E-state index contributed by atoms with van der Waals surface area (Å²) >= 11 is 3.23. The first kappa shape index (κ1) is 15.5. The Kier molecular flexibility index (Phi) is 4.93. The van der Waals surface area contributed by atoms with E-state index in [4.69, 9.17) is 10.5 Å². The van der Waals surface area contributed by atoms with Gasteiger partial charge in [0, 0.05) is 16.6 Å². The number of nitrogens with zero attached hydrogens (tertiary/aromatic N) is 1. The van der Waals surface area contributed by atoms with Gasteiger partial charge in [0.25, 0.3) is 5.69 Å². The molecule has 21 heavy (non-hydrogen) atoms. The summed E-state index contributed by atoms with van der Waals surface area (Å²) in [5.41, 5.74) is 7.33. The molecular weight excluding hydrogens is 336 g/mol. The van der Waals surface area contributed by atoms with Crippen molar-refractivity contribution in [1.82, 2.24) is 0 Å². The van der Waals surface area contributed by atoms with Gasteiger partial charge in [0.1, 0.15) is 12.4 Å². The van der Waals surface area contributed by atoms with Crippen LogP contribution in [0.5, 0.6) is 5.75 Å². The third-order valence-electron chi connectivity index (χ3n) is 3.02. The quantitative estimate of drug-likeness (QED) is 0.653. The van der Waals surface area contributed by atoms with Gasteiger partial charge in [-0.05, 0) is 36.8 Å². The molecule has 0 bridgehead atoms. The Bertz CT molecular complexity index is 659. The number of benzene rings is 2. The van der Waals surface area contributed by atoms with Crippen molar-refractivity contribution in [3.05, 3.63) is 68.2 Å². The number of nitro benzene ring substituents is 1. The fraction of sp³-hybridized carbons (Fsp3) is 0.200. The van der Waals surface area contributed by atoms with Crippen LogP contribution in [0.15, 0.2) is 46.9 Å². The molecule has 0 aliphatic carbocycles. The molecule has 0 aliphatic rings. The Morgan fingerprint density at radius 1 is 1.33 bits per heavy atom. The zero-order valence-corrected chi connectivity index (χ0v) is 13.0. The molecule has 1 atom stereocenters. The molecule has 6 heteroatoms. The smallest absolute Gasteiger partial charge is 0.277 e. The first-order chi connectivity index (χ1) is 9.97. The van der Waals surface area contributed by atoms with Crippen molar-refractivity contribution in [3.8, 4) is 5.75 Å². The van der Waals surface area contributed by atoms with Gasteiger partial charge >= 0.3 is 0 Å². The molecule has 0 heterocycles. The second kappa shape index (κ2) is 6.69. The van der Waals surface area contributed by atoms with Gasteiger partial charge in [-0.1, -0.05) is 28.1 Å². The van der Waals surface area contributed by atoms with Gasteiger partial charge < -0.3 is 10.5 Å². The number of hydrogen-bond donors (Lipinski definition) is 1. The normalized spacial score (nSPS) is 12.0. The summed E-state index contributed by atoms with van der Waals surface area (Å²) in [7, 11) is 0. The van der Waals surface area contributed by atoms with Crippen molar-refractivity contribution < 1.29 is 9.66 Å². The zero-order chi connectivity index (χ0) is 15.4. The second-order valence-corrected chi connectivity index (χ2v) is 5.60. The molecule has 0 saturated carbocycles. The molecule has 5 nitrogen and oxygen atoms in total. The summed E-state index contributed by atoms with van der Waals surface area (Å²) in [5.74, 6) is 0.641. The molecule has 0 radical (unpaired) electrons. The number of rotatable bonds is 5. The van der Waals surface area contributed by atoms with Crippen LogP contribution in [0.4, 0.5) is 5.69 Å². The monoisotopic (exact) mass is 350 g/mol. The molecule has 0 spiro atoms. The van der Waals surface area contributed by atoms with Crippen molar-refractivity contribution in [1.29, 1.82) is 0 Å². The molecule has 0 unspecified atom stereocenters. The standard InChI is InChI=1S/C15H15BrN2O3/c1-10(17)11-3-2-4-14(7-11)21-9-12-5-6-13(16)8-15(12)18(19)20/h2-8,10H,9,17H2,1H3/t10-/m0/s1. The lowest BCUT2D eigenvalue weighted by Crippen LogP contribution is -2.05. The van der Waals surface area contributed by atoms with Crippen molar-refractivity contribution in [3.63, 3.8) is 0 Å². The van der Waals surface area contributed by atoms with Gasteiger partial charge in [-0.3, -0.25) is 10.1 Å². The maximum atomic E-state index is 11.0. The number of hydrogen-bond acceptors (Lipinski definition) is 4. The molecule has 0 aromatic heterocycles. The highest BCUT2D eigenvalue weighted by Crippen LogP contribution is 2.25. The Labute approximate surface area is 131 Å². The molecule has 0 amide bonds. The highest BCUT2D eigenvalue weighted by Gasteiger charge is 2.14. The number of nitrogens with two attached hydrogens (primary N) is 1. The topological polar surface area (TPSA) is 78.4 Å².